The van der Waals surface area contributed by atoms with E-state index in [0.717, 1.165) is 31.7 Å². The maximum atomic E-state index is 4.52. The fourth-order valence-electron chi connectivity index (χ4n) is 1.54. The van der Waals surface area contributed by atoms with Gasteiger partial charge in [0.2, 0.25) is 0 Å². The molecule has 2 rings (SSSR count). The highest BCUT2D eigenvalue weighted by Gasteiger charge is 2.00. The first-order chi connectivity index (χ1) is 7.88. The van der Waals surface area contributed by atoms with Gasteiger partial charge in [0.15, 0.2) is 0 Å². The molecule has 0 aliphatic heterocycles. The van der Waals surface area contributed by atoms with Crippen molar-refractivity contribution in [1.29, 1.82) is 0 Å². The highest BCUT2D eigenvalue weighted by atomic mass is 32.1. The van der Waals surface area contributed by atoms with E-state index >= 15 is 0 Å². The lowest BCUT2D eigenvalue weighted by Gasteiger charge is -2.00. The lowest BCUT2D eigenvalue weighted by molar-refractivity contribution is 0.631. The highest BCUT2D eigenvalue weighted by Crippen LogP contribution is 2.10. The van der Waals surface area contributed by atoms with E-state index < -0.39 is 0 Å². The SMILES string of the molecule is CCCNCc1ccn(Cc2cccs2)n1. The summed E-state index contributed by atoms with van der Waals surface area (Å²) in [5.41, 5.74) is 1.12. The molecule has 0 spiro atoms. The quantitative estimate of drug-likeness (QED) is 0.780. The van der Waals surface area contributed by atoms with Crippen molar-refractivity contribution in [2.45, 2.75) is 26.4 Å². The van der Waals surface area contributed by atoms with Crippen LogP contribution in [0, 0.1) is 0 Å². The minimum atomic E-state index is 0.866. The summed E-state index contributed by atoms with van der Waals surface area (Å²) in [6.45, 7) is 4.97. The Kier molecular flexibility index (Phi) is 4.13. The molecule has 86 valence electrons. The Hall–Kier alpha value is -1.13. The average molecular weight is 235 g/mol. The highest BCUT2D eigenvalue weighted by molar-refractivity contribution is 7.09. The molecular formula is C12H17N3S. The second-order valence-electron chi connectivity index (χ2n) is 3.76. The fraction of sp³-hybridized carbons (Fsp3) is 0.417. The van der Waals surface area contributed by atoms with Crippen molar-refractivity contribution in [3.8, 4) is 0 Å². The van der Waals surface area contributed by atoms with Gasteiger partial charge in [0.1, 0.15) is 0 Å². The third-order valence-electron chi connectivity index (χ3n) is 2.33. The summed E-state index contributed by atoms with van der Waals surface area (Å²) in [6, 6.07) is 6.30. The number of nitrogens with zero attached hydrogens (tertiary/aromatic N) is 2. The van der Waals surface area contributed by atoms with Crippen molar-refractivity contribution in [1.82, 2.24) is 15.1 Å². The average Bonchev–Trinajstić information content (AvgIpc) is 2.91. The van der Waals surface area contributed by atoms with Crippen molar-refractivity contribution < 1.29 is 0 Å². The molecule has 0 saturated carbocycles. The van der Waals surface area contributed by atoms with Crippen molar-refractivity contribution in [3.63, 3.8) is 0 Å². The molecule has 4 heteroatoms. The standard InChI is InChI=1S/C12H17N3S/c1-2-6-13-9-11-5-7-15(14-11)10-12-4-3-8-16-12/h3-5,7-8,13H,2,6,9-10H2,1H3. The Bertz CT molecular complexity index is 406. The van der Waals surface area contributed by atoms with Crippen molar-refractivity contribution in [2.75, 3.05) is 6.54 Å². The van der Waals surface area contributed by atoms with Gasteiger partial charge >= 0.3 is 0 Å². The van der Waals surface area contributed by atoms with Gasteiger partial charge in [-0.3, -0.25) is 4.68 Å². The summed E-state index contributed by atoms with van der Waals surface area (Å²) < 4.78 is 1.99. The Morgan fingerprint density at radius 2 is 2.38 bits per heavy atom. The molecule has 0 saturated heterocycles. The molecule has 0 aromatic carbocycles. The number of nitrogens with one attached hydrogen (secondary N) is 1. The summed E-state index contributed by atoms with van der Waals surface area (Å²) in [7, 11) is 0. The van der Waals surface area contributed by atoms with Crippen LogP contribution in [0.2, 0.25) is 0 Å². The second kappa shape index (κ2) is 5.82. The summed E-state index contributed by atoms with van der Waals surface area (Å²) in [4.78, 5) is 1.34. The maximum Gasteiger partial charge on any atom is 0.0762 e. The zero-order valence-corrected chi connectivity index (χ0v) is 10.3. The molecule has 2 aromatic heterocycles. The molecule has 0 unspecified atom stereocenters. The fourth-order valence-corrected chi connectivity index (χ4v) is 2.24. The van der Waals surface area contributed by atoms with Crippen LogP contribution in [0.1, 0.15) is 23.9 Å². The van der Waals surface area contributed by atoms with E-state index in [1.54, 1.807) is 11.3 Å². The zero-order valence-electron chi connectivity index (χ0n) is 9.52. The van der Waals surface area contributed by atoms with Gasteiger partial charge in [0.05, 0.1) is 12.2 Å². The van der Waals surface area contributed by atoms with E-state index in [1.807, 2.05) is 10.9 Å². The molecule has 0 bridgehead atoms. The Morgan fingerprint density at radius 3 is 3.12 bits per heavy atom. The Labute approximate surface area is 100 Å². The molecule has 3 nitrogen and oxygen atoms in total. The van der Waals surface area contributed by atoms with Gasteiger partial charge in [-0.15, -0.1) is 11.3 Å². The van der Waals surface area contributed by atoms with Crippen LogP contribution in [0.25, 0.3) is 0 Å². The van der Waals surface area contributed by atoms with Crippen LogP contribution in [-0.4, -0.2) is 16.3 Å². The predicted octanol–water partition coefficient (Wildman–Crippen LogP) is 2.49. The van der Waals surface area contributed by atoms with Crippen molar-refractivity contribution >= 4 is 11.3 Å². The first kappa shape index (κ1) is 11.4. The van der Waals surface area contributed by atoms with E-state index in [0.29, 0.717) is 0 Å². The van der Waals surface area contributed by atoms with Gasteiger partial charge < -0.3 is 5.32 Å². The number of hydrogen-bond acceptors (Lipinski definition) is 3. The molecule has 16 heavy (non-hydrogen) atoms. The lowest BCUT2D eigenvalue weighted by atomic mass is 10.4. The minimum Gasteiger partial charge on any atom is -0.311 e. The van der Waals surface area contributed by atoms with Crippen LogP contribution in [0.4, 0.5) is 0 Å². The number of aromatic nitrogens is 2. The second-order valence-corrected chi connectivity index (χ2v) is 4.79. The molecule has 0 atom stereocenters. The van der Waals surface area contributed by atoms with Gasteiger partial charge in [-0.25, -0.2) is 0 Å². The van der Waals surface area contributed by atoms with E-state index in [4.69, 9.17) is 0 Å². The zero-order chi connectivity index (χ0) is 11.2. The molecule has 1 N–H and O–H groups in total. The topological polar surface area (TPSA) is 29.9 Å². The van der Waals surface area contributed by atoms with E-state index in [1.165, 1.54) is 4.88 Å². The van der Waals surface area contributed by atoms with Crippen molar-refractivity contribution in [3.05, 3.63) is 40.3 Å². The first-order valence-electron chi connectivity index (χ1n) is 5.64. The van der Waals surface area contributed by atoms with Crippen molar-refractivity contribution in [2.24, 2.45) is 0 Å². The van der Waals surface area contributed by atoms with Crippen LogP contribution in [0.15, 0.2) is 29.8 Å². The largest absolute Gasteiger partial charge is 0.311 e. The van der Waals surface area contributed by atoms with E-state index in [9.17, 15) is 0 Å². The van der Waals surface area contributed by atoms with Crippen LogP contribution < -0.4 is 5.32 Å². The number of thiophene rings is 1. The molecule has 2 heterocycles. The third-order valence-corrected chi connectivity index (χ3v) is 3.19. The van der Waals surface area contributed by atoms with Crippen LogP contribution >= 0.6 is 11.3 Å². The third kappa shape index (κ3) is 3.18. The van der Waals surface area contributed by atoms with Crippen LogP contribution in [-0.2, 0) is 13.1 Å². The minimum absolute atomic E-state index is 0.866. The lowest BCUT2D eigenvalue weighted by Crippen LogP contribution is -2.14. The Morgan fingerprint density at radius 1 is 1.44 bits per heavy atom. The smallest absolute Gasteiger partial charge is 0.0762 e. The molecule has 2 aromatic rings. The monoisotopic (exact) mass is 235 g/mol. The predicted molar refractivity (Wildman–Crippen MR) is 67.6 cm³/mol. The van der Waals surface area contributed by atoms with Crippen LogP contribution in [0.5, 0.6) is 0 Å². The number of hydrogen-bond donors (Lipinski definition) is 1. The summed E-state index contributed by atoms with van der Waals surface area (Å²) in [5, 5.41) is 9.97. The summed E-state index contributed by atoms with van der Waals surface area (Å²) in [6.07, 6.45) is 3.21. The first-order valence-corrected chi connectivity index (χ1v) is 6.52. The number of rotatable bonds is 6. The Balaban J connectivity index is 1.87. The summed E-state index contributed by atoms with van der Waals surface area (Å²) in [5.74, 6) is 0. The normalized spacial score (nSPS) is 10.8. The molecule has 0 aliphatic rings. The van der Waals surface area contributed by atoms with Crippen LogP contribution in [0.3, 0.4) is 0 Å². The maximum absolute atomic E-state index is 4.52. The van der Waals surface area contributed by atoms with Gasteiger partial charge in [-0.1, -0.05) is 13.0 Å². The van der Waals surface area contributed by atoms with E-state index in [-0.39, 0.29) is 0 Å². The van der Waals surface area contributed by atoms with Gasteiger partial charge in [0.25, 0.3) is 0 Å². The van der Waals surface area contributed by atoms with Gasteiger partial charge in [0, 0.05) is 17.6 Å². The molecule has 0 aliphatic carbocycles. The molecule has 0 fully saturated rings. The molecule has 0 radical (unpaired) electrons. The van der Waals surface area contributed by atoms with Gasteiger partial charge in [-0.2, -0.15) is 5.10 Å². The van der Waals surface area contributed by atoms with E-state index in [2.05, 4.69) is 40.9 Å². The molecule has 0 amide bonds. The van der Waals surface area contributed by atoms with Gasteiger partial charge in [-0.05, 0) is 30.5 Å². The summed E-state index contributed by atoms with van der Waals surface area (Å²) >= 11 is 1.77. The molecular weight excluding hydrogens is 218 g/mol.